The molecule has 0 fully saturated rings. The number of halogens is 2. The number of amides is 2. The minimum absolute atomic E-state index is 0.0519. The van der Waals surface area contributed by atoms with Crippen LogP contribution in [0.4, 0.5) is 14.9 Å². The number of urea groups is 1. The van der Waals surface area contributed by atoms with Crippen LogP contribution in [0.25, 0.3) is 0 Å². The lowest BCUT2D eigenvalue weighted by molar-refractivity contribution is -0.144. The average Bonchev–Trinajstić information content (AvgIpc) is 2.72. The molecule has 0 spiro atoms. The Bertz CT molecular complexity index is 1020. The molecule has 2 aromatic carbocycles. The number of ether oxygens (including phenoxy) is 2. The Morgan fingerprint density at radius 2 is 2.03 bits per heavy atom. The molecule has 1 heterocycles. The van der Waals surface area contributed by atoms with Crippen molar-refractivity contribution in [2.45, 2.75) is 32.8 Å². The third kappa shape index (κ3) is 6.32. The van der Waals surface area contributed by atoms with E-state index in [1.54, 1.807) is 44.2 Å². The predicted octanol–water partition coefficient (Wildman–Crippen LogP) is 3.64. The van der Waals surface area contributed by atoms with Crippen molar-refractivity contribution in [2.75, 3.05) is 11.9 Å². The summed E-state index contributed by atoms with van der Waals surface area (Å²) in [5.74, 6) is -1.66. The zero-order valence-electron chi connectivity index (χ0n) is 17.3. The molecule has 0 saturated carbocycles. The van der Waals surface area contributed by atoms with Crippen molar-refractivity contribution in [3.63, 3.8) is 0 Å². The van der Waals surface area contributed by atoms with Gasteiger partial charge >= 0.3 is 12.0 Å². The van der Waals surface area contributed by atoms with Crippen molar-refractivity contribution >= 4 is 35.2 Å². The summed E-state index contributed by atoms with van der Waals surface area (Å²) in [5, 5.41) is 14.7. The maximum Gasteiger partial charge on any atom is 0.329 e. The highest BCUT2D eigenvalue weighted by atomic mass is 35.5. The molecule has 1 unspecified atom stereocenters. The number of nitrogens with one attached hydrogen (secondary N) is 2. The van der Waals surface area contributed by atoms with Gasteiger partial charge in [0, 0.05) is 16.8 Å². The van der Waals surface area contributed by atoms with Crippen molar-refractivity contribution in [1.82, 2.24) is 10.2 Å². The second kappa shape index (κ2) is 10.3. The first-order valence-corrected chi connectivity index (χ1v) is 10.1. The molecule has 0 bridgehead atoms. The number of carboxylic acid groups (broad SMARTS) is 1. The van der Waals surface area contributed by atoms with Crippen LogP contribution in [0.15, 0.2) is 47.5 Å². The number of carbonyl (C=O) groups is 2. The predicted molar refractivity (Wildman–Crippen MR) is 116 cm³/mol. The van der Waals surface area contributed by atoms with Gasteiger partial charge in [-0.05, 0) is 43.7 Å². The first-order chi connectivity index (χ1) is 15.2. The summed E-state index contributed by atoms with van der Waals surface area (Å²) in [6.45, 7) is 3.03. The number of carboxylic acids is 1. The lowest BCUT2D eigenvalue weighted by Crippen LogP contribution is -2.55. The van der Waals surface area contributed by atoms with E-state index in [-0.39, 0.29) is 24.4 Å². The Hall–Kier alpha value is -3.37. The van der Waals surface area contributed by atoms with Crippen molar-refractivity contribution in [3.05, 3.63) is 58.9 Å². The fourth-order valence-electron chi connectivity index (χ4n) is 2.80. The molecule has 0 saturated heterocycles. The van der Waals surface area contributed by atoms with Crippen LogP contribution >= 0.6 is 11.6 Å². The van der Waals surface area contributed by atoms with E-state index >= 15 is 0 Å². The molecule has 11 heteroatoms. The number of carbonyl (C=O) groups excluding carboxylic acids is 1. The summed E-state index contributed by atoms with van der Waals surface area (Å²) in [6, 6.07) is 10.5. The number of guanidine groups is 1. The molecule has 0 aromatic heterocycles. The third-order valence-electron chi connectivity index (χ3n) is 4.16. The van der Waals surface area contributed by atoms with Gasteiger partial charge in [0.05, 0.1) is 12.6 Å². The maximum atomic E-state index is 14.4. The first-order valence-electron chi connectivity index (χ1n) is 9.68. The van der Waals surface area contributed by atoms with E-state index in [1.165, 1.54) is 17.0 Å². The second-order valence-electron chi connectivity index (χ2n) is 7.11. The Morgan fingerprint density at radius 1 is 1.31 bits per heavy atom. The van der Waals surface area contributed by atoms with Crippen molar-refractivity contribution < 1.29 is 28.6 Å². The molecule has 0 radical (unpaired) electrons. The molecule has 32 heavy (non-hydrogen) atoms. The number of hydrogen-bond donors (Lipinski definition) is 3. The Labute approximate surface area is 188 Å². The molecule has 2 aromatic rings. The maximum absolute atomic E-state index is 14.4. The zero-order valence-corrected chi connectivity index (χ0v) is 18.1. The highest BCUT2D eigenvalue weighted by Crippen LogP contribution is 2.23. The van der Waals surface area contributed by atoms with Gasteiger partial charge in [0.2, 0.25) is 12.3 Å². The van der Waals surface area contributed by atoms with Gasteiger partial charge in [-0.1, -0.05) is 23.7 Å². The van der Waals surface area contributed by atoms with Gasteiger partial charge < -0.3 is 19.9 Å². The van der Waals surface area contributed by atoms with Crippen LogP contribution in [0.3, 0.4) is 0 Å². The molecule has 3 N–H and O–H groups in total. The first kappa shape index (κ1) is 23.3. The molecule has 1 aliphatic heterocycles. The van der Waals surface area contributed by atoms with Gasteiger partial charge in [-0.2, -0.15) is 4.99 Å². The van der Waals surface area contributed by atoms with Gasteiger partial charge in [0.15, 0.2) is 11.6 Å². The van der Waals surface area contributed by atoms with Crippen LogP contribution in [0.5, 0.6) is 5.75 Å². The summed E-state index contributed by atoms with van der Waals surface area (Å²) in [7, 11) is 0. The smallest absolute Gasteiger partial charge is 0.329 e. The molecule has 2 amide bonds. The van der Waals surface area contributed by atoms with Crippen molar-refractivity contribution in [3.8, 4) is 5.75 Å². The molecule has 1 aliphatic rings. The van der Waals surface area contributed by atoms with Crippen LogP contribution in [0.1, 0.15) is 19.4 Å². The highest BCUT2D eigenvalue weighted by Gasteiger charge is 2.29. The van der Waals surface area contributed by atoms with E-state index < -0.39 is 30.8 Å². The van der Waals surface area contributed by atoms with E-state index in [4.69, 9.17) is 26.2 Å². The molecular weight excluding hydrogens is 443 g/mol. The lowest BCUT2D eigenvalue weighted by Gasteiger charge is -2.32. The van der Waals surface area contributed by atoms with E-state index in [1.807, 2.05) is 0 Å². The number of rotatable bonds is 8. The topological polar surface area (TPSA) is 112 Å². The lowest BCUT2D eigenvalue weighted by atomic mass is 10.2. The van der Waals surface area contributed by atoms with Crippen molar-refractivity contribution in [2.24, 2.45) is 4.99 Å². The number of hydrogen-bond acceptors (Lipinski definition) is 6. The summed E-state index contributed by atoms with van der Waals surface area (Å²) in [5.41, 5.74) is 1.07. The van der Waals surface area contributed by atoms with E-state index in [0.29, 0.717) is 10.7 Å². The number of nitrogens with zero attached hydrogens (tertiary/aromatic N) is 2. The van der Waals surface area contributed by atoms with Gasteiger partial charge in [-0.25, -0.2) is 14.0 Å². The molecule has 9 nitrogen and oxygen atoms in total. The minimum Gasteiger partial charge on any atom is -0.488 e. The normalized spacial score (nSPS) is 15.9. The third-order valence-corrected chi connectivity index (χ3v) is 4.41. The van der Waals surface area contributed by atoms with Gasteiger partial charge in [-0.3, -0.25) is 10.2 Å². The molecular formula is C21H22ClFN4O5. The summed E-state index contributed by atoms with van der Waals surface area (Å²) < 4.78 is 24.9. The van der Waals surface area contributed by atoms with E-state index in [2.05, 4.69) is 15.6 Å². The Balaban J connectivity index is 1.86. The fraction of sp³-hybridized carbons (Fsp3) is 0.286. The summed E-state index contributed by atoms with van der Waals surface area (Å²) in [6.07, 6.45) is -1.42. The monoisotopic (exact) mass is 464 g/mol. The van der Waals surface area contributed by atoms with Crippen LogP contribution in [-0.2, 0) is 16.1 Å². The SMILES string of the molecule is CC(C)Oc1ccc(NC2=NC(OCC(=O)O)NC(=O)N2Cc2ccc(Cl)cc2)cc1F. The van der Waals surface area contributed by atoms with Crippen LogP contribution in [0.2, 0.25) is 5.02 Å². The van der Waals surface area contributed by atoms with E-state index in [9.17, 15) is 14.0 Å². The second-order valence-corrected chi connectivity index (χ2v) is 7.55. The molecule has 170 valence electrons. The number of aliphatic imine (C=N–C) groups is 1. The largest absolute Gasteiger partial charge is 0.488 e. The van der Waals surface area contributed by atoms with Crippen molar-refractivity contribution in [1.29, 1.82) is 0 Å². The fourth-order valence-corrected chi connectivity index (χ4v) is 2.92. The summed E-state index contributed by atoms with van der Waals surface area (Å²) >= 11 is 5.92. The molecule has 3 rings (SSSR count). The average molecular weight is 465 g/mol. The zero-order chi connectivity index (χ0) is 23.3. The minimum atomic E-state index is -1.23. The Kier molecular flexibility index (Phi) is 7.49. The quantitative estimate of drug-likeness (QED) is 0.549. The summed E-state index contributed by atoms with van der Waals surface area (Å²) in [4.78, 5) is 29.0. The highest BCUT2D eigenvalue weighted by molar-refractivity contribution is 6.30. The number of benzene rings is 2. The Morgan fingerprint density at radius 3 is 2.66 bits per heavy atom. The van der Waals surface area contributed by atoms with Crippen LogP contribution < -0.4 is 15.4 Å². The van der Waals surface area contributed by atoms with Crippen LogP contribution in [-0.4, -0.2) is 47.0 Å². The van der Waals surface area contributed by atoms with E-state index in [0.717, 1.165) is 5.56 Å². The van der Waals surface area contributed by atoms with Gasteiger partial charge in [-0.15, -0.1) is 0 Å². The van der Waals surface area contributed by atoms with Gasteiger partial charge in [0.25, 0.3) is 0 Å². The number of anilines is 1. The standard InChI is InChI=1S/C21H22ClFN4O5/c1-12(2)32-17-8-7-15(9-16(17)23)24-19-25-20(31-11-18(28)29)26-21(30)27(19)10-13-3-5-14(22)6-4-13/h3-9,12,20H,10-11H2,1-2H3,(H,24,25)(H,26,30)(H,28,29). The van der Waals surface area contributed by atoms with Gasteiger partial charge in [0.1, 0.15) is 6.61 Å². The molecule has 1 atom stereocenters. The number of aliphatic carboxylic acids is 1. The van der Waals surface area contributed by atoms with Crippen LogP contribution in [0, 0.1) is 5.82 Å². The molecule has 0 aliphatic carbocycles.